The zero-order valence-electron chi connectivity index (χ0n) is 11.7. The maximum Gasteiger partial charge on any atom is 0.169 e. The van der Waals surface area contributed by atoms with Crippen molar-refractivity contribution in [2.45, 2.75) is 39.7 Å². The Bertz CT molecular complexity index is 336. The average molecular weight is 317 g/mol. The smallest absolute Gasteiger partial charge is 0.169 e. The van der Waals surface area contributed by atoms with Crippen molar-refractivity contribution >= 4 is 15.9 Å². The molecule has 1 heterocycles. The third kappa shape index (κ3) is 4.11. The van der Waals surface area contributed by atoms with E-state index in [1.54, 1.807) is 0 Å². The van der Waals surface area contributed by atoms with Crippen molar-refractivity contribution in [3.63, 3.8) is 0 Å². The Morgan fingerprint density at radius 1 is 1.28 bits per heavy atom. The van der Waals surface area contributed by atoms with E-state index < -0.39 is 0 Å². The molecular formula is C14H25BrN2O. The fourth-order valence-corrected chi connectivity index (χ4v) is 2.63. The predicted octanol–water partition coefficient (Wildman–Crippen LogP) is 3.80. The first-order valence-corrected chi connectivity index (χ1v) is 7.64. The number of furan rings is 1. The Balaban J connectivity index is 2.77. The topological polar surface area (TPSA) is 42.4 Å². The third-order valence-corrected chi connectivity index (χ3v) is 4.07. The normalized spacial score (nSPS) is 13.5. The van der Waals surface area contributed by atoms with E-state index in [1.165, 1.54) is 12.8 Å². The molecular weight excluding hydrogens is 292 g/mol. The third-order valence-electron chi connectivity index (χ3n) is 3.64. The van der Waals surface area contributed by atoms with Crippen LogP contribution in [0.2, 0.25) is 0 Å². The van der Waals surface area contributed by atoms with Crippen LogP contribution in [-0.2, 0) is 0 Å². The molecule has 4 heteroatoms. The Kier molecular flexibility index (Phi) is 6.97. The van der Waals surface area contributed by atoms with Crippen molar-refractivity contribution < 1.29 is 4.42 Å². The van der Waals surface area contributed by atoms with E-state index in [9.17, 15) is 0 Å². The quantitative estimate of drug-likeness (QED) is 0.793. The summed E-state index contributed by atoms with van der Waals surface area (Å²) in [6.45, 7) is 9.36. The Morgan fingerprint density at radius 3 is 2.33 bits per heavy atom. The molecule has 0 aliphatic carbocycles. The Labute approximate surface area is 119 Å². The highest BCUT2D eigenvalue weighted by Gasteiger charge is 2.22. The number of halogens is 1. The van der Waals surface area contributed by atoms with Crippen LogP contribution in [-0.4, -0.2) is 24.5 Å². The second-order valence-corrected chi connectivity index (χ2v) is 5.45. The van der Waals surface area contributed by atoms with Gasteiger partial charge >= 0.3 is 0 Å². The summed E-state index contributed by atoms with van der Waals surface area (Å²) in [4.78, 5) is 2.42. The molecule has 1 unspecified atom stereocenters. The number of hydrogen-bond donors (Lipinski definition) is 1. The first-order valence-electron chi connectivity index (χ1n) is 6.85. The van der Waals surface area contributed by atoms with Crippen LogP contribution in [0.25, 0.3) is 0 Å². The zero-order chi connectivity index (χ0) is 13.5. The maximum atomic E-state index is 5.93. The van der Waals surface area contributed by atoms with Crippen LogP contribution in [0.15, 0.2) is 21.2 Å². The summed E-state index contributed by atoms with van der Waals surface area (Å²) in [6, 6.07) is 4.13. The summed E-state index contributed by atoms with van der Waals surface area (Å²) in [5.41, 5.74) is 5.93. The number of likely N-dealkylation sites (N-methyl/N-ethyl adjacent to an activating group) is 1. The lowest BCUT2D eigenvalue weighted by Crippen LogP contribution is -2.36. The predicted molar refractivity (Wildman–Crippen MR) is 79.5 cm³/mol. The maximum absolute atomic E-state index is 5.93. The minimum atomic E-state index is 0.182. The van der Waals surface area contributed by atoms with E-state index >= 15 is 0 Å². The largest absolute Gasteiger partial charge is 0.453 e. The molecule has 1 aromatic rings. The van der Waals surface area contributed by atoms with Gasteiger partial charge < -0.3 is 10.2 Å². The molecule has 1 rings (SSSR count). The first kappa shape index (κ1) is 15.7. The lowest BCUT2D eigenvalue weighted by molar-refractivity contribution is 0.155. The molecule has 1 aromatic heterocycles. The lowest BCUT2D eigenvalue weighted by atomic mass is 10.0. The highest BCUT2D eigenvalue weighted by Crippen LogP contribution is 2.26. The van der Waals surface area contributed by atoms with Crippen molar-refractivity contribution in [3.8, 4) is 0 Å². The molecule has 0 fully saturated rings. The van der Waals surface area contributed by atoms with Crippen LogP contribution in [0, 0.1) is 5.92 Å². The molecule has 0 saturated heterocycles. The fraction of sp³-hybridized carbons (Fsp3) is 0.714. The number of hydrogen-bond acceptors (Lipinski definition) is 3. The van der Waals surface area contributed by atoms with Gasteiger partial charge in [0.15, 0.2) is 4.67 Å². The molecule has 0 spiro atoms. The van der Waals surface area contributed by atoms with Gasteiger partial charge in [-0.2, -0.15) is 0 Å². The average Bonchev–Trinajstić information content (AvgIpc) is 2.81. The molecule has 1 atom stereocenters. The van der Waals surface area contributed by atoms with Gasteiger partial charge in [-0.15, -0.1) is 0 Å². The van der Waals surface area contributed by atoms with Crippen molar-refractivity contribution in [2.75, 3.05) is 19.6 Å². The van der Waals surface area contributed by atoms with Crippen LogP contribution < -0.4 is 5.73 Å². The summed E-state index contributed by atoms with van der Waals surface area (Å²) in [6.07, 6.45) is 2.43. The fourth-order valence-electron chi connectivity index (χ4n) is 2.31. The van der Waals surface area contributed by atoms with Crippen molar-refractivity contribution in [1.82, 2.24) is 4.90 Å². The first-order chi connectivity index (χ1) is 8.65. The molecule has 0 saturated carbocycles. The second-order valence-electron chi connectivity index (χ2n) is 4.66. The van der Waals surface area contributed by atoms with Crippen molar-refractivity contribution in [1.29, 1.82) is 0 Å². The van der Waals surface area contributed by atoms with Gasteiger partial charge in [-0.1, -0.05) is 33.6 Å². The van der Waals surface area contributed by atoms with Gasteiger partial charge in [-0.25, -0.2) is 0 Å². The number of nitrogens with zero attached hydrogens (tertiary/aromatic N) is 1. The highest BCUT2D eigenvalue weighted by molar-refractivity contribution is 9.10. The highest BCUT2D eigenvalue weighted by atomic mass is 79.9. The van der Waals surface area contributed by atoms with E-state index in [0.717, 1.165) is 29.4 Å². The molecule has 0 bridgehead atoms. The van der Waals surface area contributed by atoms with E-state index in [2.05, 4.69) is 41.6 Å². The van der Waals surface area contributed by atoms with E-state index in [0.29, 0.717) is 6.54 Å². The molecule has 0 radical (unpaired) electrons. The van der Waals surface area contributed by atoms with Gasteiger partial charge in [-0.05, 0) is 40.5 Å². The molecule has 0 aliphatic heterocycles. The monoisotopic (exact) mass is 316 g/mol. The van der Waals surface area contributed by atoms with Crippen LogP contribution in [0.1, 0.15) is 45.4 Å². The zero-order valence-corrected chi connectivity index (χ0v) is 13.2. The van der Waals surface area contributed by atoms with Crippen LogP contribution in [0.3, 0.4) is 0 Å². The second kappa shape index (κ2) is 7.97. The van der Waals surface area contributed by atoms with Crippen LogP contribution >= 0.6 is 15.9 Å². The Morgan fingerprint density at radius 2 is 1.94 bits per heavy atom. The van der Waals surface area contributed by atoms with Crippen molar-refractivity contribution in [3.05, 3.63) is 22.6 Å². The molecule has 3 nitrogen and oxygen atoms in total. The van der Waals surface area contributed by atoms with Gasteiger partial charge in [0.2, 0.25) is 0 Å². The molecule has 0 aromatic carbocycles. The number of rotatable bonds is 8. The molecule has 18 heavy (non-hydrogen) atoms. The molecule has 2 N–H and O–H groups in total. The lowest BCUT2D eigenvalue weighted by Gasteiger charge is -2.31. The summed E-state index contributed by atoms with van der Waals surface area (Å²) in [5.74, 6) is 1.69. The summed E-state index contributed by atoms with van der Waals surface area (Å²) >= 11 is 3.35. The van der Waals surface area contributed by atoms with Gasteiger partial charge in [-0.3, -0.25) is 4.90 Å². The van der Waals surface area contributed by atoms with Crippen LogP contribution in [0.4, 0.5) is 0 Å². The van der Waals surface area contributed by atoms with Crippen LogP contribution in [0.5, 0.6) is 0 Å². The molecule has 104 valence electrons. The summed E-state index contributed by atoms with van der Waals surface area (Å²) < 4.78 is 6.44. The SMILES string of the molecule is CCC(CC)CN(CC)C(CN)c1ccc(Br)o1. The van der Waals surface area contributed by atoms with Gasteiger partial charge in [0.05, 0.1) is 6.04 Å². The number of nitrogens with two attached hydrogens (primary N) is 1. The molecule has 0 aliphatic rings. The van der Waals surface area contributed by atoms with E-state index in [4.69, 9.17) is 10.2 Å². The van der Waals surface area contributed by atoms with Gasteiger partial charge in [0.1, 0.15) is 5.76 Å². The van der Waals surface area contributed by atoms with Gasteiger partial charge in [0.25, 0.3) is 0 Å². The minimum Gasteiger partial charge on any atom is -0.453 e. The minimum absolute atomic E-state index is 0.182. The van der Waals surface area contributed by atoms with E-state index in [1.807, 2.05) is 12.1 Å². The van der Waals surface area contributed by atoms with Gasteiger partial charge in [0, 0.05) is 13.1 Å². The standard InChI is InChI=1S/C14H25BrN2O/c1-4-11(5-2)10-17(6-3)12(9-16)13-7-8-14(15)18-13/h7-8,11-12H,4-6,9-10,16H2,1-3H3. The summed E-state index contributed by atoms with van der Waals surface area (Å²) in [7, 11) is 0. The van der Waals surface area contributed by atoms with E-state index in [-0.39, 0.29) is 6.04 Å². The Hall–Kier alpha value is -0.320. The molecule has 0 amide bonds. The van der Waals surface area contributed by atoms with Crippen molar-refractivity contribution in [2.24, 2.45) is 11.7 Å². The summed E-state index contributed by atoms with van der Waals surface area (Å²) in [5, 5.41) is 0.